The third-order valence-electron chi connectivity index (χ3n) is 1.88. The van der Waals surface area contributed by atoms with Gasteiger partial charge in [-0.15, -0.1) is 0 Å². The van der Waals surface area contributed by atoms with Crippen molar-refractivity contribution < 1.29 is 9.53 Å². The van der Waals surface area contributed by atoms with E-state index in [0.717, 1.165) is 0 Å². The predicted molar refractivity (Wildman–Crippen MR) is 46.8 cm³/mol. The van der Waals surface area contributed by atoms with Gasteiger partial charge in [0.1, 0.15) is 0 Å². The van der Waals surface area contributed by atoms with Crippen LogP contribution in [-0.4, -0.2) is 24.7 Å². The van der Waals surface area contributed by atoms with Gasteiger partial charge in [-0.05, 0) is 27.7 Å². The first-order valence-corrected chi connectivity index (χ1v) is 4.24. The van der Waals surface area contributed by atoms with Gasteiger partial charge in [-0.3, -0.25) is 4.79 Å². The van der Waals surface area contributed by atoms with Gasteiger partial charge in [0.05, 0.1) is 18.6 Å². The Balaban J connectivity index is 2.49. The summed E-state index contributed by atoms with van der Waals surface area (Å²) in [4.78, 5) is 11.6. The fourth-order valence-electron chi connectivity index (χ4n) is 1.03. The van der Waals surface area contributed by atoms with E-state index in [-0.39, 0.29) is 16.9 Å². The Kier molecular flexibility index (Phi) is 2.17. The summed E-state index contributed by atoms with van der Waals surface area (Å²) in [6.45, 7) is 8.97. The highest BCUT2D eigenvalue weighted by Gasteiger charge is 2.42. The lowest BCUT2D eigenvalue weighted by Crippen LogP contribution is -2.56. The van der Waals surface area contributed by atoms with Crippen LogP contribution in [0.3, 0.4) is 0 Å². The van der Waals surface area contributed by atoms with E-state index in [0.29, 0.717) is 13.2 Å². The Morgan fingerprint density at radius 3 is 2.17 bits per heavy atom. The van der Waals surface area contributed by atoms with E-state index in [1.807, 2.05) is 27.7 Å². The maximum absolute atomic E-state index is 11.6. The van der Waals surface area contributed by atoms with E-state index in [1.54, 1.807) is 0 Å². The van der Waals surface area contributed by atoms with Gasteiger partial charge < -0.3 is 10.1 Å². The number of hydrogen-bond acceptors (Lipinski definition) is 2. The van der Waals surface area contributed by atoms with E-state index in [1.165, 1.54) is 0 Å². The molecule has 1 N–H and O–H groups in total. The Morgan fingerprint density at radius 1 is 1.42 bits per heavy atom. The van der Waals surface area contributed by atoms with Gasteiger partial charge in [0, 0.05) is 5.54 Å². The predicted octanol–water partition coefficient (Wildman–Crippen LogP) is 0.938. The molecule has 0 aromatic carbocycles. The molecule has 0 atom stereocenters. The molecule has 12 heavy (non-hydrogen) atoms. The van der Waals surface area contributed by atoms with Crippen LogP contribution in [0.4, 0.5) is 0 Å². The molecule has 3 nitrogen and oxygen atoms in total. The molecule has 1 heterocycles. The number of amides is 1. The number of hydrogen-bond donors (Lipinski definition) is 1. The summed E-state index contributed by atoms with van der Waals surface area (Å²) in [5.41, 5.74) is -0.428. The van der Waals surface area contributed by atoms with E-state index < -0.39 is 0 Å². The molecule has 1 saturated heterocycles. The normalized spacial score (nSPS) is 21.3. The highest BCUT2D eigenvalue weighted by atomic mass is 16.5. The molecule has 0 spiro atoms. The minimum atomic E-state index is -0.284. The lowest BCUT2D eigenvalue weighted by atomic mass is 9.86. The largest absolute Gasteiger partial charge is 0.379 e. The minimum Gasteiger partial charge on any atom is -0.379 e. The molecule has 0 unspecified atom stereocenters. The fourth-order valence-corrected chi connectivity index (χ4v) is 1.03. The highest BCUT2D eigenvalue weighted by Crippen LogP contribution is 2.27. The summed E-state index contributed by atoms with van der Waals surface area (Å²) in [7, 11) is 0. The Hall–Kier alpha value is -0.570. The van der Waals surface area contributed by atoms with Crippen molar-refractivity contribution in [3.05, 3.63) is 0 Å². The van der Waals surface area contributed by atoms with Crippen molar-refractivity contribution in [2.45, 2.75) is 33.2 Å². The quantitative estimate of drug-likeness (QED) is 0.637. The molecule has 0 aromatic rings. The van der Waals surface area contributed by atoms with Crippen LogP contribution in [0.25, 0.3) is 0 Å². The van der Waals surface area contributed by atoms with Gasteiger partial charge in [-0.1, -0.05) is 0 Å². The van der Waals surface area contributed by atoms with Gasteiger partial charge in [0.15, 0.2) is 0 Å². The summed E-state index contributed by atoms with van der Waals surface area (Å²) < 4.78 is 5.01. The van der Waals surface area contributed by atoms with Gasteiger partial charge >= 0.3 is 0 Å². The molecule has 1 aliphatic heterocycles. The van der Waals surface area contributed by atoms with Gasteiger partial charge in [0.2, 0.25) is 5.91 Å². The zero-order valence-electron chi connectivity index (χ0n) is 8.23. The van der Waals surface area contributed by atoms with Crippen molar-refractivity contribution in [1.29, 1.82) is 0 Å². The van der Waals surface area contributed by atoms with E-state index in [9.17, 15) is 4.79 Å². The molecule has 0 aliphatic carbocycles. The number of carbonyl (C=O) groups is 1. The Bertz CT molecular complexity index is 189. The Morgan fingerprint density at radius 2 is 1.92 bits per heavy atom. The second-order valence-electron chi connectivity index (χ2n) is 4.76. The number of rotatable bonds is 1. The van der Waals surface area contributed by atoms with Gasteiger partial charge in [-0.2, -0.15) is 0 Å². The average molecular weight is 171 g/mol. The molecule has 1 fully saturated rings. The van der Waals surface area contributed by atoms with Crippen molar-refractivity contribution in [1.82, 2.24) is 5.32 Å². The topological polar surface area (TPSA) is 38.3 Å². The molecule has 0 saturated carbocycles. The second-order valence-corrected chi connectivity index (χ2v) is 4.76. The number of carbonyl (C=O) groups excluding carboxylic acids is 1. The lowest BCUT2D eigenvalue weighted by Gasteiger charge is -2.38. The summed E-state index contributed by atoms with van der Waals surface area (Å²) in [6, 6.07) is 0. The first kappa shape index (κ1) is 9.52. The van der Waals surface area contributed by atoms with Crippen LogP contribution in [-0.2, 0) is 9.53 Å². The first-order chi connectivity index (χ1) is 5.33. The van der Waals surface area contributed by atoms with E-state index >= 15 is 0 Å². The van der Waals surface area contributed by atoms with E-state index in [4.69, 9.17) is 4.74 Å². The zero-order valence-corrected chi connectivity index (χ0v) is 8.23. The van der Waals surface area contributed by atoms with Crippen LogP contribution >= 0.6 is 0 Å². The molecule has 0 bridgehead atoms. The monoisotopic (exact) mass is 171 g/mol. The van der Waals surface area contributed by atoms with E-state index in [2.05, 4.69) is 5.32 Å². The van der Waals surface area contributed by atoms with Crippen LogP contribution in [0.1, 0.15) is 27.7 Å². The molecule has 1 amide bonds. The lowest BCUT2D eigenvalue weighted by molar-refractivity contribution is -0.159. The minimum absolute atomic E-state index is 0.0984. The molecule has 70 valence electrons. The van der Waals surface area contributed by atoms with Crippen LogP contribution in [0.15, 0.2) is 0 Å². The SMILES string of the molecule is CC(C)(C)NC(=O)C1(C)COC1. The van der Waals surface area contributed by atoms with Crippen molar-refractivity contribution >= 4 is 5.91 Å². The zero-order chi connectivity index (χ0) is 9.41. The van der Waals surface area contributed by atoms with Crippen LogP contribution in [0.5, 0.6) is 0 Å². The molecular weight excluding hydrogens is 154 g/mol. The summed E-state index contributed by atoms with van der Waals surface area (Å²) in [6.07, 6.45) is 0. The number of nitrogens with one attached hydrogen (secondary N) is 1. The van der Waals surface area contributed by atoms with Gasteiger partial charge in [-0.25, -0.2) is 0 Å². The highest BCUT2D eigenvalue weighted by molar-refractivity contribution is 5.83. The third-order valence-corrected chi connectivity index (χ3v) is 1.88. The van der Waals surface area contributed by atoms with Crippen molar-refractivity contribution in [2.75, 3.05) is 13.2 Å². The van der Waals surface area contributed by atoms with Gasteiger partial charge in [0.25, 0.3) is 0 Å². The summed E-state index contributed by atoms with van der Waals surface area (Å²) in [5.74, 6) is 0.0984. The smallest absolute Gasteiger partial charge is 0.231 e. The average Bonchev–Trinajstić information content (AvgIpc) is 1.78. The third kappa shape index (κ3) is 1.97. The molecule has 0 aromatic heterocycles. The molecule has 0 radical (unpaired) electrons. The standard InChI is InChI=1S/C9H17NO2/c1-8(2,3)10-7(11)9(4)5-12-6-9/h5-6H2,1-4H3,(H,10,11). The fraction of sp³-hybridized carbons (Fsp3) is 0.889. The Labute approximate surface area is 73.5 Å². The summed E-state index contributed by atoms with van der Waals surface area (Å²) >= 11 is 0. The molecule has 1 rings (SSSR count). The van der Waals surface area contributed by atoms with Crippen LogP contribution in [0.2, 0.25) is 0 Å². The summed E-state index contributed by atoms with van der Waals surface area (Å²) in [5, 5.41) is 2.94. The van der Waals surface area contributed by atoms with Crippen molar-refractivity contribution in [3.63, 3.8) is 0 Å². The van der Waals surface area contributed by atoms with Crippen molar-refractivity contribution in [3.8, 4) is 0 Å². The van der Waals surface area contributed by atoms with Crippen molar-refractivity contribution in [2.24, 2.45) is 5.41 Å². The molecule has 1 aliphatic rings. The maximum Gasteiger partial charge on any atom is 0.231 e. The second kappa shape index (κ2) is 2.73. The molecular formula is C9H17NO2. The van der Waals surface area contributed by atoms with Crippen LogP contribution < -0.4 is 5.32 Å². The number of ether oxygens (including phenoxy) is 1. The first-order valence-electron chi connectivity index (χ1n) is 4.24. The molecule has 3 heteroatoms. The van der Waals surface area contributed by atoms with Crippen LogP contribution in [0, 0.1) is 5.41 Å². The maximum atomic E-state index is 11.6.